The maximum absolute atomic E-state index is 11.9. The zero-order chi connectivity index (χ0) is 14.4. The molecule has 0 unspecified atom stereocenters. The van der Waals surface area contributed by atoms with Crippen molar-refractivity contribution in [2.24, 2.45) is 5.92 Å². The summed E-state index contributed by atoms with van der Waals surface area (Å²) in [6.45, 7) is 0. The van der Waals surface area contributed by atoms with Crippen LogP contribution >= 0.6 is 11.8 Å². The van der Waals surface area contributed by atoms with Gasteiger partial charge in [-0.25, -0.2) is 4.79 Å². The van der Waals surface area contributed by atoms with Gasteiger partial charge in [-0.1, -0.05) is 12.1 Å². The third kappa shape index (κ3) is 4.40. The zero-order valence-corrected chi connectivity index (χ0v) is 11.1. The van der Waals surface area contributed by atoms with E-state index in [1.165, 1.54) is 36.0 Å². The molecule has 2 N–H and O–H groups in total. The lowest BCUT2D eigenvalue weighted by atomic mass is 9.99. The Morgan fingerprint density at radius 3 is 2.05 bits per heavy atom. The molecular weight excluding hydrogens is 268 g/mol. The number of hydrogen-bond acceptors (Lipinski definition) is 4. The first-order chi connectivity index (χ1) is 8.95. The fourth-order valence-electron chi connectivity index (χ4n) is 1.56. The Bertz CT molecular complexity index is 480. The van der Waals surface area contributed by atoms with Gasteiger partial charge < -0.3 is 10.2 Å². The fraction of sp³-hybridized carbons (Fsp3) is 0.308. The first-order valence-electron chi connectivity index (χ1n) is 5.54. The minimum Gasteiger partial charge on any atom is -0.481 e. The predicted molar refractivity (Wildman–Crippen MR) is 71.9 cm³/mol. The Labute approximate surface area is 114 Å². The molecule has 1 aromatic rings. The number of aliphatic carboxylic acids is 1. The van der Waals surface area contributed by atoms with Crippen LogP contribution in [0.4, 0.5) is 0 Å². The van der Waals surface area contributed by atoms with Crippen molar-refractivity contribution in [1.29, 1.82) is 0 Å². The quantitative estimate of drug-likeness (QED) is 0.743. The van der Waals surface area contributed by atoms with Crippen molar-refractivity contribution in [3.8, 4) is 0 Å². The summed E-state index contributed by atoms with van der Waals surface area (Å²) in [5.41, 5.74) is 0.424. The number of thioether (sulfide) groups is 1. The molecule has 1 rings (SSSR count). The zero-order valence-electron chi connectivity index (χ0n) is 10.3. The summed E-state index contributed by atoms with van der Waals surface area (Å²) in [4.78, 5) is 33.5. The first-order valence-corrected chi connectivity index (χ1v) is 6.93. The van der Waals surface area contributed by atoms with E-state index >= 15 is 0 Å². The van der Waals surface area contributed by atoms with Gasteiger partial charge >= 0.3 is 11.9 Å². The predicted octanol–water partition coefficient (Wildman–Crippen LogP) is 2.02. The van der Waals surface area contributed by atoms with Crippen molar-refractivity contribution in [3.63, 3.8) is 0 Å². The minimum atomic E-state index is -1.07. The van der Waals surface area contributed by atoms with Gasteiger partial charge in [-0.05, 0) is 18.4 Å². The van der Waals surface area contributed by atoms with Crippen molar-refractivity contribution in [2.45, 2.75) is 6.42 Å². The van der Waals surface area contributed by atoms with E-state index in [-0.39, 0.29) is 17.8 Å². The molecule has 6 heteroatoms. The summed E-state index contributed by atoms with van der Waals surface area (Å²) >= 11 is 1.37. The van der Waals surface area contributed by atoms with Crippen LogP contribution in [0.25, 0.3) is 0 Å². The van der Waals surface area contributed by atoms with Crippen LogP contribution in [-0.2, 0) is 4.79 Å². The highest BCUT2D eigenvalue weighted by Gasteiger charge is 2.21. The minimum absolute atomic E-state index is 0.0808. The van der Waals surface area contributed by atoms with Gasteiger partial charge in [0.05, 0.1) is 11.5 Å². The summed E-state index contributed by atoms with van der Waals surface area (Å²) in [6, 6.07) is 5.48. The van der Waals surface area contributed by atoms with Crippen molar-refractivity contribution in [1.82, 2.24) is 0 Å². The number of ketones is 1. The van der Waals surface area contributed by atoms with Crippen molar-refractivity contribution in [2.75, 3.05) is 12.0 Å². The van der Waals surface area contributed by atoms with Gasteiger partial charge in [0.2, 0.25) is 0 Å². The van der Waals surface area contributed by atoms with Gasteiger partial charge in [0, 0.05) is 17.7 Å². The Kier molecular flexibility index (Phi) is 5.57. The van der Waals surface area contributed by atoms with Gasteiger partial charge in [0.25, 0.3) is 0 Å². The Morgan fingerprint density at radius 1 is 1.11 bits per heavy atom. The topological polar surface area (TPSA) is 91.7 Å². The lowest BCUT2D eigenvalue weighted by Crippen LogP contribution is -2.20. The van der Waals surface area contributed by atoms with E-state index in [4.69, 9.17) is 10.2 Å². The highest BCUT2D eigenvalue weighted by Crippen LogP contribution is 2.15. The summed E-state index contributed by atoms with van der Waals surface area (Å²) < 4.78 is 0. The van der Waals surface area contributed by atoms with Gasteiger partial charge in [0.15, 0.2) is 5.78 Å². The van der Waals surface area contributed by atoms with Crippen LogP contribution < -0.4 is 0 Å². The normalized spacial score (nSPS) is 11.8. The number of benzene rings is 1. The molecule has 19 heavy (non-hydrogen) atoms. The average Bonchev–Trinajstić information content (AvgIpc) is 2.38. The van der Waals surface area contributed by atoms with E-state index < -0.39 is 17.9 Å². The molecule has 0 bridgehead atoms. The van der Waals surface area contributed by atoms with E-state index in [9.17, 15) is 14.4 Å². The van der Waals surface area contributed by atoms with Crippen LogP contribution in [0.5, 0.6) is 0 Å². The highest BCUT2D eigenvalue weighted by atomic mass is 32.2. The number of carboxylic acid groups (broad SMARTS) is 2. The summed E-state index contributed by atoms with van der Waals surface area (Å²) in [5, 5.41) is 17.7. The Balaban J connectivity index is 2.76. The number of hydrogen-bond donors (Lipinski definition) is 2. The molecule has 0 saturated heterocycles. The van der Waals surface area contributed by atoms with Crippen LogP contribution in [0.2, 0.25) is 0 Å². The monoisotopic (exact) mass is 282 g/mol. The molecule has 0 saturated carbocycles. The van der Waals surface area contributed by atoms with Crippen molar-refractivity contribution < 1.29 is 24.6 Å². The van der Waals surface area contributed by atoms with Crippen molar-refractivity contribution >= 4 is 29.5 Å². The highest BCUT2D eigenvalue weighted by molar-refractivity contribution is 7.98. The number of rotatable bonds is 7. The Hall–Kier alpha value is -1.82. The molecule has 0 aromatic heterocycles. The molecule has 0 aliphatic heterocycles. The summed E-state index contributed by atoms with van der Waals surface area (Å²) in [6.07, 6.45) is 1.70. The number of carbonyl (C=O) groups is 3. The van der Waals surface area contributed by atoms with E-state index in [1.54, 1.807) is 6.26 Å². The van der Waals surface area contributed by atoms with Gasteiger partial charge in [-0.2, -0.15) is 11.8 Å². The van der Waals surface area contributed by atoms with Crippen LogP contribution in [0.3, 0.4) is 0 Å². The van der Waals surface area contributed by atoms with Crippen LogP contribution in [-0.4, -0.2) is 39.9 Å². The van der Waals surface area contributed by atoms with Crippen molar-refractivity contribution in [3.05, 3.63) is 35.4 Å². The molecule has 0 aliphatic rings. The standard InChI is InChI=1S/C13H14O5S/c1-19-7-10(13(17)18)6-11(14)8-2-4-9(5-3-8)12(15)16/h2-5,10H,6-7H2,1H3,(H,15,16)(H,17,18)/t10-/m0/s1. The molecule has 1 aromatic carbocycles. The second-order valence-corrected chi connectivity index (χ2v) is 4.91. The largest absolute Gasteiger partial charge is 0.481 e. The third-order valence-electron chi connectivity index (χ3n) is 2.60. The molecule has 5 nitrogen and oxygen atoms in total. The van der Waals surface area contributed by atoms with E-state index in [1.807, 2.05) is 0 Å². The Morgan fingerprint density at radius 2 is 1.63 bits per heavy atom. The summed E-state index contributed by atoms with van der Waals surface area (Å²) in [5.74, 6) is -2.71. The van der Waals surface area contributed by atoms with E-state index in [2.05, 4.69) is 0 Å². The van der Waals surface area contributed by atoms with Gasteiger partial charge in [0.1, 0.15) is 0 Å². The fourth-order valence-corrected chi connectivity index (χ4v) is 2.22. The molecular formula is C13H14O5S. The average molecular weight is 282 g/mol. The van der Waals surface area contributed by atoms with Gasteiger partial charge in [-0.3, -0.25) is 9.59 Å². The molecule has 0 heterocycles. The maximum atomic E-state index is 11.9. The lowest BCUT2D eigenvalue weighted by Gasteiger charge is -2.09. The number of aromatic carboxylic acids is 1. The number of Topliss-reactive ketones (excluding diaryl/α,β-unsaturated/α-hetero) is 1. The van der Waals surface area contributed by atoms with Crippen LogP contribution in [0, 0.1) is 5.92 Å². The molecule has 0 aliphatic carbocycles. The molecule has 1 atom stereocenters. The molecule has 0 spiro atoms. The second-order valence-electron chi connectivity index (χ2n) is 4.00. The lowest BCUT2D eigenvalue weighted by molar-refractivity contribution is -0.140. The second kappa shape index (κ2) is 6.94. The smallest absolute Gasteiger partial charge is 0.335 e. The van der Waals surface area contributed by atoms with E-state index in [0.717, 1.165) is 0 Å². The first kappa shape index (κ1) is 15.2. The van der Waals surface area contributed by atoms with Crippen LogP contribution in [0.15, 0.2) is 24.3 Å². The SMILES string of the molecule is CSC[C@H](CC(=O)c1ccc(C(=O)O)cc1)C(=O)O. The molecule has 0 fully saturated rings. The molecule has 0 radical (unpaired) electrons. The summed E-state index contributed by atoms with van der Waals surface area (Å²) in [7, 11) is 0. The third-order valence-corrected chi connectivity index (χ3v) is 3.34. The molecule has 0 amide bonds. The number of carbonyl (C=O) groups excluding carboxylic acids is 1. The maximum Gasteiger partial charge on any atom is 0.335 e. The molecule has 102 valence electrons. The number of carboxylic acids is 2. The van der Waals surface area contributed by atoms with E-state index in [0.29, 0.717) is 11.3 Å². The van der Waals surface area contributed by atoms with Gasteiger partial charge in [-0.15, -0.1) is 0 Å². The van der Waals surface area contributed by atoms with Crippen LogP contribution in [0.1, 0.15) is 27.1 Å².